The van der Waals surface area contributed by atoms with Crippen molar-refractivity contribution < 1.29 is 36.3 Å². The summed E-state index contributed by atoms with van der Waals surface area (Å²) in [5.41, 5.74) is -0.623. The number of amides is 1. The molecule has 1 N–H and O–H groups in total. The number of carboxylic acid groups (broad SMARTS) is 1. The lowest BCUT2D eigenvalue weighted by Crippen LogP contribution is -2.39. The number of hydrogen-bond acceptors (Lipinski definition) is 4. The highest BCUT2D eigenvalue weighted by Crippen LogP contribution is 2.29. The van der Waals surface area contributed by atoms with Crippen molar-refractivity contribution in [2.45, 2.75) is 19.6 Å². The highest BCUT2D eigenvalue weighted by atomic mass is 32.2. The maximum atomic E-state index is 12.5. The topological polar surface area (TPSA) is 91.8 Å². The summed E-state index contributed by atoms with van der Waals surface area (Å²) >= 11 is 0. The number of halogens is 3. The van der Waals surface area contributed by atoms with Gasteiger partial charge in [0.1, 0.15) is 12.3 Å². The van der Waals surface area contributed by atoms with Gasteiger partial charge in [0, 0.05) is 12.3 Å². The van der Waals surface area contributed by atoms with Crippen LogP contribution in [0.25, 0.3) is 0 Å². The second-order valence-corrected chi connectivity index (χ2v) is 7.37. The van der Waals surface area contributed by atoms with Crippen molar-refractivity contribution in [1.29, 1.82) is 0 Å². The molecule has 6 nitrogen and oxygen atoms in total. The third-order valence-corrected chi connectivity index (χ3v) is 4.68. The van der Waals surface area contributed by atoms with Gasteiger partial charge in [-0.2, -0.15) is 13.2 Å². The molecular formula is C14H16F3NO5S. The summed E-state index contributed by atoms with van der Waals surface area (Å²) < 4.78 is 60.5. The van der Waals surface area contributed by atoms with Crippen LogP contribution in [0.3, 0.4) is 0 Å². The Morgan fingerprint density at radius 2 is 1.71 bits per heavy atom. The molecule has 0 saturated heterocycles. The maximum Gasteiger partial charge on any atom is 0.416 e. The summed E-state index contributed by atoms with van der Waals surface area (Å²) in [5, 5.41) is 8.83. The number of carbonyl (C=O) groups excluding carboxylic acids is 1. The molecule has 10 heteroatoms. The minimum Gasteiger partial charge on any atom is -0.480 e. The zero-order valence-electron chi connectivity index (χ0n) is 12.7. The van der Waals surface area contributed by atoms with E-state index >= 15 is 0 Å². The number of alkyl halides is 3. The van der Waals surface area contributed by atoms with Gasteiger partial charge in [-0.1, -0.05) is 19.1 Å². The first-order chi connectivity index (χ1) is 10.9. The molecule has 0 saturated carbocycles. The molecular weight excluding hydrogens is 351 g/mol. The van der Waals surface area contributed by atoms with Gasteiger partial charge in [0.2, 0.25) is 5.91 Å². The molecule has 0 aromatic heterocycles. The predicted octanol–water partition coefficient (Wildman–Crippen LogP) is 1.55. The molecule has 1 rings (SSSR count). The van der Waals surface area contributed by atoms with Crippen LogP contribution in [-0.4, -0.2) is 48.4 Å². The van der Waals surface area contributed by atoms with E-state index in [-0.39, 0.29) is 17.9 Å². The Kier molecular flexibility index (Phi) is 6.35. The highest BCUT2D eigenvalue weighted by molar-refractivity contribution is 7.92. The average molecular weight is 367 g/mol. The molecule has 0 unspecified atom stereocenters. The number of benzene rings is 1. The van der Waals surface area contributed by atoms with Crippen LogP contribution < -0.4 is 0 Å². The SMILES string of the molecule is CCS(=O)(=O)CC(=O)N(CC(=O)O)Cc1ccc(C(F)(F)F)cc1. The third kappa shape index (κ3) is 6.19. The Bertz CT molecular complexity index is 698. The molecule has 1 aromatic rings. The van der Waals surface area contributed by atoms with Gasteiger partial charge in [-0.3, -0.25) is 9.59 Å². The summed E-state index contributed by atoms with van der Waals surface area (Å²) in [6.45, 7) is 0.293. The molecule has 0 spiro atoms. The summed E-state index contributed by atoms with van der Waals surface area (Å²) in [6.07, 6.45) is -4.51. The van der Waals surface area contributed by atoms with E-state index in [0.717, 1.165) is 29.2 Å². The van der Waals surface area contributed by atoms with Crippen molar-refractivity contribution in [3.05, 3.63) is 35.4 Å². The normalized spacial score (nSPS) is 12.0. The summed E-state index contributed by atoms with van der Waals surface area (Å²) in [4.78, 5) is 23.6. The predicted molar refractivity (Wildman–Crippen MR) is 78.8 cm³/mol. The molecule has 0 aliphatic heterocycles. The lowest BCUT2D eigenvalue weighted by molar-refractivity contribution is -0.143. The van der Waals surface area contributed by atoms with Gasteiger partial charge >= 0.3 is 12.1 Å². The van der Waals surface area contributed by atoms with Crippen LogP contribution in [0.2, 0.25) is 0 Å². The number of carbonyl (C=O) groups is 2. The standard InChI is InChI=1S/C14H16F3NO5S/c1-2-24(22,23)9-12(19)18(8-13(20)21)7-10-3-5-11(6-4-10)14(15,16)17/h3-6H,2,7-9H2,1H3,(H,20,21). The summed E-state index contributed by atoms with van der Waals surface area (Å²) in [5.74, 6) is -3.40. The van der Waals surface area contributed by atoms with E-state index in [4.69, 9.17) is 5.11 Å². The molecule has 1 amide bonds. The Morgan fingerprint density at radius 3 is 2.12 bits per heavy atom. The Labute approximate surface area is 136 Å². The van der Waals surface area contributed by atoms with Crippen LogP contribution in [0.15, 0.2) is 24.3 Å². The van der Waals surface area contributed by atoms with Crippen LogP contribution in [0, 0.1) is 0 Å². The van der Waals surface area contributed by atoms with E-state index < -0.39 is 45.8 Å². The van der Waals surface area contributed by atoms with Crippen LogP contribution in [0.5, 0.6) is 0 Å². The Balaban J connectivity index is 2.94. The minimum absolute atomic E-state index is 0.256. The molecule has 0 fully saturated rings. The second kappa shape index (κ2) is 7.65. The number of nitrogens with zero attached hydrogens (tertiary/aromatic N) is 1. The molecule has 0 aliphatic carbocycles. The molecule has 0 heterocycles. The molecule has 24 heavy (non-hydrogen) atoms. The fraction of sp³-hybridized carbons (Fsp3) is 0.429. The summed E-state index contributed by atoms with van der Waals surface area (Å²) in [6, 6.07) is 3.83. The molecule has 0 bridgehead atoms. The molecule has 0 radical (unpaired) electrons. The van der Waals surface area contributed by atoms with Crippen molar-refractivity contribution in [3.8, 4) is 0 Å². The zero-order chi connectivity index (χ0) is 18.5. The van der Waals surface area contributed by atoms with Crippen LogP contribution >= 0.6 is 0 Å². The Hall–Kier alpha value is -2.10. The van der Waals surface area contributed by atoms with Gasteiger partial charge < -0.3 is 10.0 Å². The second-order valence-electron chi connectivity index (χ2n) is 5.01. The summed E-state index contributed by atoms with van der Waals surface area (Å²) in [7, 11) is -3.65. The van der Waals surface area contributed by atoms with Crippen molar-refractivity contribution in [3.63, 3.8) is 0 Å². The van der Waals surface area contributed by atoms with Gasteiger partial charge in [-0.05, 0) is 17.7 Å². The van der Waals surface area contributed by atoms with E-state index in [1.807, 2.05) is 0 Å². The van der Waals surface area contributed by atoms with Gasteiger partial charge in [0.05, 0.1) is 5.56 Å². The first kappa shape index (κ1) is 19.9. The lowest BCUT2D eigenvalue weighted by atomic mass is 10.1. The number of sulfone groups is 1. The third-order valence-electron chi connectivity index (χ3n) is 3.12. The number of rotatable bonds is 7. The smallest absolute Gasteiger partial charge is 0.416 e. The van der Waals surface area contributed by atoms with Crippen LogP contribution in [-0.2, 0) is 32.1 Å². The van der Waals surface area contributed by atoms with Crippen LogP contribution in [0.1, 0.15) is 18.1 Å². The zero-order valence-corrected chi connectivity index (χ0v) is 13.5. The van der Waals surface area contributed by atoms with E-state index in [0.29, 0.717) is 0 Å². The van der Waals surface area contributed by atoms with E-state index in [1.165, 1.54) is 6.92 Å². The van der Waals surface area contributed by atoms with Crippen molar-refractivity contribution in [2.24, 2.45) is 0 Å². The van der Waals surface area contributed by atoms with Gasteiger partial charge in [0.15, 0.2) is 9.84 Å². The van der Waals surface area contributed by atoms with E-state index in [1.54, 1.807) is 0 Å². The van der Waals surface area contributed by atoms with E-state index in [9.17, 15) is 31.2 Å². The van der Waals surface area contributed by atoms with Gasteiger partial charge in [0.25, 0.3) is 0 Å². The van der Waals surface area contributed by atoms with Crippen molar-refractivity contribution >= 4 is 21.7 Å². The average Bonchev–Trinajstić information content (AvgIpc) is 2.45. The van der Waals surface area contributed by atoms with Crippen molar-refractivity contribution in [1.82, 2.24) is 4.90 Å². The molecule has 134 valence electrons. The maximum absolute atomic E-state index is 12.5. The molecule has 0 atom stereocenters. The number of carboxylic acids is 1. The monoisotopic (exact) mass is 367 g/mol. The largest absolute Gasteiger partial charge is 0.480 e. The fourth-order valence-electron chi connectivity index (χ4n) is 1.80. The van der Waals surface area contributed by atoms with Crippen LogP contribution in [0.4, 0.5) is 13.2 Å². The van der Waals surface area contributed by atoms with Gasteiger partial charge in [-0.25, -0.2) is 8.42 Å². The Morgan fingerprint density at radius 1 is 1.17 bits per heavy atom. The number of hydrogen-bond donors (Lipinski definition) is 1. The van der Waals surface area contributed by atoms with Gasteiger partial charge in [-0.15, -0.1) is 0 Å². The highest BCUT2D eigenvalue weighted by Gasteiger charge is 2.30. The minimum atomic E-state index is -4.51. The van der Waals surface area contributed by atoms with Crippen molar-refractivity contribution in [2.75, 3.05) is 18.1 Å². The fourth-order valence-corrected chi connectivity index (χ4v) is 2.56. The van der Waals surface area contributed by atoms with E-state index in [2.05, 4.69) is 0 Å². The number of aliphatic carboxylic acids is 1. The first-order valence-corrected chi connectivity index (χ1v) is 8.63. The quantitative estimate of drug-likeness (QED) is 0.790. The first-order valence-electron chi connectivity index (χ1n) is 6.80. The molecule has 0 aliphatic rings. The lowest BCUT2D eigenvalue weighted by Gasteiger charge is -2.21. The molecule has 1 aromatic carbocycles.